The summed E-state index contributed by atoms with van der Waals surface area (Å²) < 4.78 is 4.53. The van der Waals surface area contributed by atoms with Crippen LogP contribution in [0, 0.1) is 0 Å². The molecule has 0 saturated heterocycles. The maximum atomic E-state index is 11.3. The molecule has 0 aliphatic rings. The Morgan fingerprint density at radius 2 is 2.24 bits per heavy atom. The van der Waals surface area contributed by atoms with Crippen LogP contribution in [0.25, 0.3) is 0 Å². The third kappa shape index (κ3) is 3.44. The molecule has 5 nitrogen and oxygen atoms in total. The van der Waals surface area contributed by atoms with E-state index < -0.39 is 12.2 Å². The molecule has 3 N–H and O–H groups in total. The van der Waals surface area contributed by atoms with E-state index in [1.165, 1.54) is 19.2 Å². The van der Waals surface area contributed by atoms with Crippen molar-refractivity contribution in [3.63, 3.8) is 0 Å². The molecule has 5 heteroatoms. The predicted octanol–water partition coefficient (Wildman–Crippen LogP) is 1.17. The van der Waals surface area contributed by atoms with Crippen LogP contribution in [-0.2, 0) is 4.74 Å². The van der Waals surface area contributed by atoms with Gasteiger partial charge in [0.25, 0.3) is 0 Å². The van der Waals surface area contributed by atoms with Gasteiger partial charge in [-0.05, 0) is 30.7 Å². The fraction of sp³-hybridized carbons (Fsp3) is 0.417. The number of ether oxygens (including phenoxy) is 1. The molecule has 94 valence electrons. The largest absolute Gasteiger partial charge is 0.507 e. The minimum atomic E-state index is -0.862. The zero-order chi connectivity index (χ0) is 12.8. The summed E-state index contributed by atoms with van der Waals surface area (Å²) in [5.74, 6) is -0.796. The molecule has 1 rings (SSSR count). The van der Waals surface area contributed by atoms with Crippen molar-refractivity contribution in [2.75, 3.05) is 13.7 Å². The van der Waals surface area contributed by atoms with Crippen LogP contribution >= 0.6 is 0 Å². The van der Waals surface area contributed by atoms with Gasteiger partial charge in [0.2, 0.25) is 0 Å². The molecule has 0 bridgehead atoms. The van der Waals surface area contributed by atoms with E-state index in [1.807, 2.05) is 6.92 Å². The standard InChI is InChI=1S/C12H17NO4/c1-3-6-13-11(15)8-4-5-10(14)9(7-8)12(16)17-2/h4-5,7,11,13-15H,3,6H2,1-2H3. The third-order valence-electron chi connectivity index (χ3n) is 2.33. The molecular formula is C12H17NO4. The summed E-state index contributed by atoms with van der Waals surface area (Å²) in [6.45, 7) is 2.64. The van der Waals surface area contributed by atoms with E-state index in [4.69, 9.17) is 0 Å². The molecule has 0 aliphatic heterocycles. The summed E-state index contributed by atoms with van der Waals surface area (Å²) in [6.07, 6.45) is 0.0258. The molecule has 0 fully saturated rings. The zero-order valence-corrected chi connectivity index (χ0v) is 9.93. The van der Waals surface area contributed by atoms with Gasteiger partial charge in [0.1, 0.15) is 17.5 Å². The fourth-order valence-electron chi connectivity index (χ4n) is 1.40. The van der Waals surface area contributed by atoms with Crippen molar-refractivity contribution < 1.29 is 19.7 Å². The van der Waals surface area contributed by atoms with Gasteiger partial charge >= 0.3 is 5.97 Å². The number of hydrogen-bond donors (Lipinski definition) is 3. The number of carbonyl (C=O) groups is 1. The molecule has 0 amide bonds. The van der Waals surface area contributed by atoms with Crippen LogP contribution in [0.5, 0.6) is 5.75 Å². The lowest BCUT2D eigenvalue weighted by molar-refractivity contribution is 0.0597. The summed E-state index contributed by atoms with van der Waals surface area (Å²) >= 11 is 0. The van der Waals surface area contributed by atoms with Crippen LogP contribution in [0.1, 0.15) is 35.5 Å². The first-order valence-corrected chi connectivity index (χ1v) is 5.42. The van der Waals surface area contributed by atoms with Crippen LogP contribution in [0.2, 0.25) is 0 Å². The van der Waals surface area contributed by atoms with E-state index in [-0.39, 0.29) is 11.3 Å². The highest BCUT2D eigenvalue weighted by Crippen LogP contribution is 2.22. The number of carbonyl (C=O) groups excluding carboxylic acids is 1. The number of phenolic OH excluding ortho intramolecular Hbond substituents is 1. The lowest BCUT2D eigenvalue weighted by Gasteiger charge is -2.13. The van der Waals surface area contributed by atoms with Crippen LogP contribution < -0.4 is 5.32 Å². The van der Waals surface area contributed by atoms with Crippen LogP contribution in [0.15, 0.2) is 18.2 Å². The van der Waals surface area contributed by atoms with E-state index in [2.05, 4.69) is 10.1 Å². The van der Waals surface area contributed by atoms with Gasteiger partial charge in [-0.15, -0.1) is 0 Å². The molecule has 0 aliphatic carbocycles. The smallest absolute Gasteiger partial charge is 0.341 e. The Morgan fingerprint density at radius 3 is 2.82 bits per heavy atom. The van der Waals surface area contributed by atoms with E-state index in [1.54, 1.807) is 6.07 Å². The average molecular weight is 239 g/mol. The Labute approximate surface area is 100 Å². The molecule has 1 aromatic rings. The molecule has 17 heavy (non-hydrogen) atoms. The average Bonchev–Trinajstić information content (AvgIpc) is 2.35. The van der Waals surface area contributed by atoms with Crippen molar-refractivity contribution in [2.24, 2.45) is 0 Å². The Hall–Kier alpha value is -1.59. The highest BCUT2D eigenvalue weighted by molar-refractivity contribution is 5.92. The van der Waals surface area contributed by atoms with Gasteiger partial charge in [-0.3, -0.25) is 5.32 Å². The van der Waals surface area contributed by atoms with Crippen molar-refractivity contribution in [1.82, 2.24) is 5.32 Å². The SMILES string of the molecule is CCCNC(O)c1ccc(O)c(C(=O)OC)c1. The Morgan fingerprint density at radius 1 is 1.53 bits per heavy atom. The molecule has 0 spiro atoms. The number of benzene rings is 1. The maximum absolute atomic E-state index is 11.3. The van der Waals surface area contributed by atoms with Gasteiger partial charge in [0, 0.05) is 0 Å². The van der Waals surface area contributed by atoms with Gasteiger partial charge in [-0.25, -0.2) is 4.79 Å². The lowest BCUT2D eigenvalue weighted by Crippen LogP contribution is -2.21. The second-order valence-corrected chi connectivity index (χ2v) is 3.62. The van der Waals surface area contributed by atoms with Crippen LogP contribution in [-0.4, -0.2) is 29.8 Å². The summed E-state index contributed by atoms with van der Waals surface area (Å²) in [5, 5.41) is 22.1. The summed E-state index contributed by atoms with van der Waals surface area (Å²) in [6, 6.07) is 4.32. The number of hydrogen-bond acceptors (Lipinski definition) is 5. The number of rotatable bonds is 5. The van der Waals surface area contributed by atoms with E-state index >= 15 is 0 Å². The van der Waals surface area contributed by atoms with Gasteiger partial charge in [-0.1, -0.05) is 13.0 Å². The van der Waals surface area contributed by atoms with E-state index in [0.717, 1.165) is 6.42 Å². The Balaban J connectivity index is 2.91. The normalized spacial score (nSPS) is 12.2. The first-order chi connectivity index (χ1) is 8.10. The molecule has 0 heterocycles. The second kappa shape index (κ2) is 6.22. The summed E-state index contributed by atoms with van der Waals surface area (Å²) in [4.78, 5) is 11.3. The van der Waals surface area contributed by atoms with Crippen molar-refractivity contribution in [3.8, 4) is 5.75 Å². The molecule has 1 atom stereocenters. The molecule has 0 aromatic heterocycles. The van der Waals surface area contributed by atoms with Gasteiger partial charge in [0.05, 0.1) is 7.11 Å². The van der Waals surface area contributed by atoms with Crippen LogP contribution in [0.3, 0.4) is 0 Å². The first-order valence-electron chi connectivity index (χ1n) is 5.42. The number of aliphatic hydroxyl groups is 1. The number of nitrogens with one attached hydrogen (secondary N) is 1. The lowest BCUT2D eigenvalue weighted by atomic mass is 10.1. The van der Waals surface area contributed by atoms with Crippen molar-refractivity contribution >= 4 is 5.97 Å². The molecule has 0 radical (unpaired) electrons. The zero-order valence-electron chi connectivity index (χ0n) is 9.93. The number of esters is 1. The molecule has 0 saturated carbocycles. The monoisotopic (exact) mass is 239 g/mol. The molecule has 1 unspecified atom stereocenters. The van der Waals surface area contributed by atoms with Crippen molar-refractivity contribution in [3.05, 3.63) is 29.3 Å². The topological polar surface area (TPSA) is 78.8 Å². The number of phenols is 1. The summed E-state index contributed by atoms with van der Waals surface area (Å²) in [5.41, 5.74) is 0.555. The predicted molar refractivity (Wildman–Crippen MR) is 62.7 cm³/mol. The number of aromatic hydroxyl groups is 1. The second-order valence-electron chi connectivity index (χ2n) is 3.62. The number of methoxy groups -OCH3 is 1. The fourth-order valence-corrected chi connectivity index (χ4v) is 1.40. The van der Waals surface area contributed by atoms with Crippen molar-refractivity contribution in [1.29, 1.82) is 0 Å². The highest BCUT2D eigenvalue weighted by Gasteiger charge is 2.15. The quantitative estimate of drug-likeness (QED) is 0.531. The molecular weight excluding hydrogens is 222 g/mol. The van der Waals surface area contributed by atoms with E-state index in [9.17, 15) is 15.0 Å². The summed E-state index contributed by atoms with van der Waals surface area (Å²) in [7, 11) is 1.24. The van der Waals surface area contributed by atoms with Crippen molar-refractivity contribution in [2.45, 2.75) is 19.6 Å². The third-order valence-corrected chi connectivity index (χ3v) is 2.33. The highest BCUT2D eigenvalue weighted by atomic mass is 16.5. The molecule has 1 aromatic carbocycles. The van der Waals surface area contributed by atoms with Gasteiger partial charge in [-0.2, -0.15) is 0 Å². The minimum absolute atomic E-state index is 0.0438. The van der Waals surface area contributed by atoms with Gasteiger partial charge in [0.15, 0.2) is 0 Å². The van der Waals surface area contributed by atoms with Gasteiger partial charge < -0.3 is 14.9 Å². The Bertz CT molecular complexity index is 392. The van der Waals surface area contributed by atoms with Crippen LogP contribution in [0.4, 0.5) is 0 Å². The minimum Gasteiger partial charge on any atom is -0.507 e. The number of aliphatic hydroxyl groups excluding tert-OH is 1. The Kier molecular flexibility index (Phi) is 4.93. The maximum Gasteiger partial charge on any atom is 0.341 e. The first kappa shape index (κ1) is 13.5. The van der Waals surface area contributed by atoms with E-state index in [0.29, 0.717) is 12.1 Å².